The maximum Gasteiger partial charge on any atom is 0.339 e. The van der Waals surface area contributed by atoms with E-state index in [0.717, 1.165) is 4.47 Å². The molecule has 0 amide bonds. The molecule has 0 saturated heterocycles. The van der Waals surface area contributed by atoms with Crippen LogP contribution in [-0.4, -0.2) is 21.0 Å². The van der Waals surface area contributed by atoms with Gasteiger partial charge in [0.25, 0.3) is 0 Å². The van der Waals surface area contributed by atoms with Crippen LogP contribution >= 0.6 is 27.5 Å². The van der Waals surface area contributed by atoms with Gasteiger partial charge in [0.1, 0.15) is 11.9 Å². The monoisotopic (exact) mass is 341 g/mol. The molecule has 0 fully saturated rings. The minimum absolute atomic E-state index is 0.0724. The number of benzene rings is 1. The van der Waals surface area contributed by atoms with Crippen LogP contribution in [0.2, 0.25) is 5.02 Å². The number of carbonyl (C=O) groups is 1. The average molecular weight is 343 g/mol. The fourth-order valence-corrected chi connectivity index (χ4v) is 2.23. The molecule has 0 aliphatic rings. The highest BCUT2D eigenvalue weighted by Crippen LogP contribution is 2.26. The molecule has 0 aliphatic heterocycles. The van der Waals surface area contributed by atoms with Gasteiger partial charge in [-0.15, -0.1) is 0 Å². The van der Waals surface area contributed by atoms with Gasteiger partial charge in [0.2, 0.25) is 0 Å². The summed E-state index contributed by atoms with van der Waals surface area (Å²) in [6, 6.07) is 5.39. The van der Waals surface area contributed by atoms with E-state index in [9.17, 15) is 4.79 Å². The maximum absolute atomic E-state index is 11.0. The van der Waals surface area contributed by atoms with Crippen molar-refractivity contribution in [3.8, 4) is 0 Å². The molecule has 1 aromatic carbocycles. The molecule has 5 nitrogen and oxygen atoms in total. The SMILES string of the molecule is O=C(O)c1cncnc1CNc1ccc(Br)cc1Cl. The highest BCUT2D eigenvalue weighted by molar-refractivity contribution is 9.10. The molecule has 0 aliphatic carbocycles. The summed E-state index contributed by atoms with van der Waals surface area (Å²) >= 11 is 9.37. The summed E-state index contributed by atoms with van der Waals surface area (Å²) in [4.78, 5) is 18.7. The van der Waals surface area contributed by atoms with E-state index in [4.69, 9.17) is 16.7 Å². The Balaban J connectivity index is 2.17. The number of hydrogen-bond acceptors (Lipinski definition) is 4. The molecule has 0 radical (unpaired) electrons. The van der Waals surface area contributed by atoms with Crippen LogP contribution in [0.3, 0.4) is 0 Å². The molecule has 2 rings (SSSR count). The van der Waals surface area contributed by atoms with Crippen molar-refractivity contribution in [1.29, 1.82) is 0 Å². The third kappa shape index (κ3) is 3.42. The lowest BCUT2D eigenvalue weighted by Gasteiger charge is -2.09. The van der Waals surface area contributed by atoms with Crippen molar-refractivity contribution in [2.45, 2.75) is 6.54 Å². The summed E-state index contributed by atoms with van der Waals surface area (Å²) in [5, 5.41) is 12.6. The summed E-state index contributed by atoms with van der Waals surface area (Å²) in [5.41, 5.74) is 1.18. The number of rotatable bonds is 4. The largest absolute Gasteiger partial charge is 0.478 e. The van der Waals surface area contributed by atoms with Crippen LogP contribution in [0.4, 0.5) is 5.69 Å². The van der Waals surface area contributed by atoms with Crippen LogP contribution in [0, 0.1) is 0 Å². The molecular weight excluding hydrogens is 334 g/mol. The number of carboxylic acid groups (broad SMARTS) is 1. The predicted octanol–water partition coefficient (Wildman–Crippen LogP) is 3.20. The summed E-state index contributed by atoms with van der Waals surface area (Å²) < 4.78 is 0.872. The Hall–Kier alpha value is -1.66. The third-order valence-electron chi connectivity index (χ3n) is 2.40. The van der Waals surface area contributed by atoms with E-state index < -0.39 is 5.97 Å². The van der Waals surface area contributed by atoms with E-state index in [0.29, 0.717) is 16.4 Å². The van der Waals surface area contributed by atoms with Gasteiger partial charge in [-0.3, -0.25) is 0 Å². The molecule has 0 atom stereocenters. The van der Waals surface area contributed by atoms with Crippen molar-refractivity contribution in [1.82, 2.24) is 9.97 Å². The zero-order valence-electron chi connectivity index (χ0n) is 9.60. The van der Waals surface area contributed by atoms with Crippen molar-refractivity contribution in [3.05, 3.63) is 51.5 Å². The zero-order valence-corrected chi connectivity index (χ0v) is 11.9. The van der Waals surface area contributed by atoms with E-state index >= 15 is 0 Å². The fourth-order valence-electron chi connectivity index (χ4n) is 1.49. The van der Waals surface area contributed by atoms with Gasteiger partial charge in [-0.25, -0.2) is 14.8 Å². The lowest BCUT2D eigenvalue weighted by molar-refractivity contribution is 0.0694. The number of nitrogens with zero attached hydrogens (tertiary/aromatic N) is 2. The quantitative estimate of drug-likeness (QED) is 0.892. The van der Waals surface area contributed by atoms with Crippen LogP contribution in [0.25, 0.3) is 0 Å². The Labute approximate surface area is 122 Å². The van der Waals surface area contributed by atoms with E-state index in [1.807, 2.05) is 6.07 Å². The van der Waals surface area contributed by atoms with Crippen LogP contribution in [-0.2, 0) is 6.54 Å². The molecule has 7 heteroatoms. The van der Waals surface area contributed by atoms with E-state index in [2.05, 4.69) is 31.2 Å². The lowest BCUT2D eigenvalue weighted by atomic mass is 10.2. The second-order valence-corrected chi connectivity index (χ2v) is 4.99. The van der Waals surface area contributed by atoms with Crippen molar-refractivity contribution in [3.63, 3.8) is 0 Å². The second kappa shape index (κ2) is 5.99. The van der Waals surface area contributed by atoms with E-state index in [1.165, 1.54) is 12.5 Å². The third-order valence-corrected chi connectivity index (χ3v) is 3.21. The number of carboxylic acids is 1. The molecule has 0 spiro atoms. The van der Waals surface area contributed by atoms with Crippen molar-refractivity contribution in [2.75, 3.05) is 5.32 Å². The minimum atomic E-state index is -1.06. The van der Waals surface area contributed by atoms with Gasteiger partial charge in [-0.2, -0.15) is 0 Å². The van der Waals surface area contributed by atoms with E-state index in [-0.39, 0.29) is 12.1 Å². The Morgan fingerprint density at radius 2 is 2.26 bits per heavy atom. The first-order valence-corrected chi connectivity index (χ1v) is 6.46. The topological polar surface area (TPSA) is 75.1 Å². The summed E-state index contributed by atoms with van der Waals surface area (Å²) in [5.74, 6) is -1.06. The standard InChI is InChI=1S/C12H9BrClN3O2/c13-7-1-2-10(9(14)3-7)16-5-11-8(12(18)19)4-15-6-17-11/h1-4,6,16H,5H2,(H,18,19). The number of nitrogens with one attached hydrogen (secondary N) is 1. The van der Waals surface area contributed by atoms with E-state index in [1.54, 1.807) is 12.1 Å². The van der Waals surface area contributed by atoms with Crippen molar-refractivity contribution in [2.24, 2.45) is 0 Å². The van der Waals surface area contributed by atoms with Gasteiger partial charge in [0, 0.05) is 10.7 Å². The number of aromatic nitrogens is 2. The summed E-state index contributed by atoms with van der Waals surface area (Å²) in [6.45, 7) is 0.255. The Bertz CT molecular complexity index is 622. The van der Waals surface area contributed by atoms with Gasteiger partial charge in [-0.05, 0) is 18.2 Å². The molecule has 2 N–H and O–H groups in total. The zero-order chi connectivity index (χ0) is 13.8. The number of anilines is 1. The van der Waals surface area contributed by atoms with Crippen LogP contribution in [0.5, 0.6) is 0 Å². The number of halogens is 2. The van der Waals surface area contributed by atoms with Crippen LogP contribution < -0.4 is 5.32 Å². The molecule has 1 heterocycles. The van der Waals surface area contributed by atoms with Crippen LogP contribution in [0.1, 0.15) is 16.1 Å². The Morgan fingerprint density at radius 3 is 2.95 bits per heavy atom. The lowest BCUT2D eigenvalue weighted by Crippen LogP contribution is -2.10. The normalized spacial score (nSPS) is 10.2. The molecular formula is C12H9BrClN3O2. The highest BCUT2D eigenvalue weighted by atomic mass is 79.9. The first-order chi connectivity index (χ1) is 9.08. The van der Waals surface area contributed by atoms with Crippen molar-refractivity contribution < 1.29 is 9.90 Å². The average Bonchev–Trinajstić information content (AvgIpc) is 2.38. The molecule has 0 bridgehead atoms. The van der Waals surface area contributed by atoms with Gasteiger partial charge >= 0.3 is 5.97 Å². The van der Waals surface area contributed by atoms with Gasteiger partial charge in [0.15, 0.2) is 0 Å². The smallest absolute Gasteiger partial charge is 0.339 e. The molecule has 1 aromatic heterocycles. The molecule has 0 saturated carbocycles. The maximum atomic E-state index is 11.0. The molecule has 19 heavy (non-hydrogen) atoms. The summed E-state index contributed by atoms with van der Waals surface area (Å²) in [7, 11) is 0. The predicted molar refractivity (Wildman–Crippen MR) is 75.5 cm³/mol. The minimum Gasteiger partial charge on any atom is -0.478 e. The fraction of sp³-hybridized carbons (Fsp3) is 0.0833. The highest BCUT2D eigenvalue weighted by Gasteiger charge is 2.11. The van der Waals surface area contributed by atoms with Crippen LogP contribution in [0.15, 0.2) is 35.2 Å². The second-order valence-electron chi connectivity index (χ2n) is 3.67. The Kier molecular flexibility index (Phi) is 4.34. The van der Waals surface area contributed by atoms with Gasteiger partial charge in [0.05, 0.1) is 22.9 Å². The molecule has 2 aromatic rings. The first kappa shape index (κ1) is 13.8. The number of hydrogen-bond donors (Lipinski definition) is 2. The van der Waals surface area contributed by atoms with Crippen molar-refractivity contribution >= 4 is 39.2 Å². The number of aromatic carboxylic acids is 1. The molecule has 0 unspecified atom stereocenters. The van der Waals surface area contributed by atoms with Gasteiger partial charge in [-0.1, -0.05) is 27.5 Å². The Morgan fingerprint density at radius 1 is 1.47 bits per heavy atom. The summed E-state index contributed by atoms with van der Waals surface area (Å²) in [6.07, 6.45) is 2.59. The van der Waals surface area contributed by atoms with Gasteiger partial charge < -0.3 is 10.4 Å². The molecule has 98 valence electrons. The first-order valence-electron chi connectivity index (χ1n) is 5.29.